The summed E-state index contributed by atoms with van der Waals surface area (Å²) in [6.07, 6.45) is 0.287. The van der Waals surface area contributed by atoms with Crippen LogP contribution < -0.4 is 5.32 Å². The number of aromatic hydroxyl groups is 3. The van der Waals surface area contributed by atoms with Gasteiger partial charge in [-0.15, -0.1) is 26.9 Å². The molecule has 0 unspecified atom stereocenters. The van der Waals surface area contributed by atoms with Gasteiger partial charge in [-0.1, -0.05) is 12.1 Å². The molecule has 6 N–H and O–H groups in total. The first-order valence-electron chi connectivity index (χ1n) is 17.1. The summed E-state index contributed by atoms with van der Waals surface area (Å²) in [6.45, 7) is 1.51. The molecule has 308 valence electrons. The lowest BCUT2D eigenvalue weighted by Gasteiger charge is -2.13. The summed E-state index contributed by atoms with van der Waals surface area (Å²) in [7, 11) is -12.8. The molecule has 0 saturated heterocycles. The minimum atomic E-state index is -4.74. The van der Waals surface area contributed by atoms with Crippen molar-refractivity contribution < 1.29 is 58.7 Å². The van der Waals surface area contributed by atoms with Gasteiger partial charge in [-0.3, -0.25) is 13.9 Å². The van der Waals surface area contributed by atoms with Crippen LogP contribution in [0.25, 0.3) is 21.5 Å². The second-order valence-corrected chi connectivity index (χ2v) is 18.0. The number of carbonyl (C=O) groups is 1. The van der Waals surface area contributed by atoms with Crippen LogP contribution in [-0.4, -0.2) is 79.6 Å². The first-order chi connectivity index (χ1) is 27.2. The van der Waals surface area contributed by atoms with E-state index >= 15 is 0 Å². The first kappa shape index (κ1) is 43.8. The Kier molecular flexibility index (Phi) is 13.7. The maximum atomic E-state index is 12.8. The number of amides is 1. The Bertz CT molecular complexity index is 2800. The molecule has 0 bridgehead atoms. The fraction of sp³-hybridized carbons (Fsp3) is 0.250. The number of alkyl halides is 1. The zero-order valence-corrected chi connectivity index (χ0v) is 33.6. The van der Waals surface area contributed by atoms with Gasteiger partial charge in [0.25, 0.3) is 10.1 Å². The lowest BCUT2D eigenvalue weighted by atomic mass is 10.0. The van der Waals surface area contributed by atoms with Gasteiger partial charge in [-0.05, 0) is 103 Å². The van der Waals surface area contributed by atoms with E-state index in [9.17, 15) is 49.9 Å². The minimum absolute atomic E-state index is 0.0274. The third kappa shape index (κ3) is 11.4. The third-order valence-electron chi connectivity index (χ3n) is 8.61. The number of benzene rings is 5. The lowest BCUT2D eigenvalue weighted by molar-refractivity contribution is -0.116. The summed E-state index contributed by atoms with van der Waals surface area (Å²) in [4.78, 5) is 12.2. The van der Waals surface area contributed by atoms with Gasteiger partial charge < -0.3 is 20.6 Å². The van der Waals surface area contributed by atoms with Crippen LogP contribution in [0.15, 0.2) is 92.1 Å². The zero-order chi connectivity index (χ0) is 42.4. The highest BCUT2D eigenvalue weighted by Gasteiger charge is 2.20. The molecule has 0 aliphatic carbocycles. The monoisotopic (exact) mass is 877 g/mol. The summed E-state index contributed by atoms with van der Waals surface area (Å²) in [5.41, 5.74) is 1.65. The highest BCUT2D eigenvalue weighted by molar-refractivity contribution is 7.91. The lowest BCUT2D eigenvalue weighted by Crippen LogP contribution is -2.16. The topological polar surface area (TPSA) is 291 Å². The maximum Gasteiger partial charge on any atom is 0.397 e. The van der Waals surface area contributed by atoms with E-state index in [2.05, 4.69) is 30.0 Å². The van der Waals surface area contributed by atoms with E-state index in [0.29, 0.717) is 28.4 Å². The average Bonchev–Trinajstić information content (AvgIpc) is 3.13. The predicted octanol–water partition coefficient (Wildman–Crippen LogP) is 7.62. The number of carbonyl (C=O) groups excluding carboxylic acids is 1. The number of halogens is 1. The number of phenolic OH excluding ortho intramolecular Hbond substituents is 3. The number of azo groups is 2. The Morgan fingerprint density at radius 3 is 2.12 bits per heavy atom. The standard InChI is InChI=1S/C36H36ClN5O13S3/c1-21-16-30(32(43)19-22(21)4-2-13-55-58(52,53)54)42-41-28-10-6-23-17-25(8-9-27(23)35(28)45)39-40-29-11-7-24-18-26(57(49,50)51)20-31(34(24)36(29)46)38-33(44)5-3-14-56(47,48)15-12-37/h6-11,16-20,43,45-46H,2-5,12-15H2,1H3,(H,38,44)(H,49,50,51)(H,52,53,54). The molecule has 5 aromatic carbocycles. The van der Waals surface area contributed by atoms with E-state index < -0.39 is 46.9 Å². The smallest absolute Gasteiger partial charge is 0.397 e. The largest absolute Gasteiger partial charge is 0.506 e. The number of nitrogens with zero attached hydrogens (tertiary/aromatic N) is 4. The van der Waals surface area contributed by atoms with Gasteiger partial charge in [0.1, 0.15) is 22.8 Å². The number of phenols is 3. The van der Waals surface area contributed by atoms with E-state index in [1.807, 2.05) is 0 Å². The number of hydrogen-bond donors (Lipinski definition) is 6. The molecule has 0 saturated carbocycles. The van der Waals surface area contributed by atoms with Crippen molar-refractivity contribution in [2.45, 2.75) is 37.5 Å². The number of fused-ring (bicyclic) bond motifs is 2. The quantitative estimate of drug-likeness (QED) is 0.0227. The number of sulfone groups is 1. The second kappa shape index (κ2) is 18.1. The molecule has 0 aromatic heterocycles. The molecule has 22 heteroatoms. The molecule has 0 aliphatic rings. The molecule has 0 atom stereocenters. The molecule has 1 amide bonds. The van der Waals surface area contributed by atoms with Crippen molar-refractivity contribution >= 4 is 97.8 Å². The van der Waals surface area contributed by atoms with Crippen molar-refractivity contribution in [3.63, 3.8) is 0 Å². The van der Waals surface area contributed by atoms with Crippen LogP contribution >= 0.6 is 11.6 Å². The van der Waals surface area contributed by atoms with Gasteiger partial charge in [0.05, 0.1) is 34.4 Å². The van der Waals surface area contributed by atoms with E-state index in [1.54, 1.807) is 31.2 Å². The van der Waals surface area contributed by atoms with Crippen LogP contribution in [0.1, 0.15) is 30.4 Å². The minimum Gasteiger partial charge on any atom is -0.506 e. The Labute approximate surface area is 337 Å². The Balaban J connectivity index is 1.35. The molecule has 0 spiro atoms. The van der Waals surface area contributed by atoms with Crippen molar-refractivity contribution in [1.29, 1.82) is 0 Å². The van der Waals surface area contributed by atoms with Gasteiger partial charge in [-0.25, -0.2) is 12.6 Å². The normalized spacial score (nSPS) is 12.6. The number of aryl methyl sites for hydroxylation is 2. The summed E-state index contributed by atoms with van der Waals surface area (Å²) in [6, 6.07) is 15.6. The summed E-state index contributed by atoms with van der Waals surface area (Å²) in [5, 5.41) is 52.7. The van der Waals surface area contributed by atoms with Crippen molar-refractivity contribution in [3.05, 3.63) is 77.9 Å². The van der Waals surface area contributed by atoms with Crippen LogP contribution in [0.5, 0.6) is 17.2 Å². The predicted molar refractivity (Wildman–Crippen MR) is 215 cm³/mol. The molecule has 0 radical (unpaired) electrons. The van der Waals surface area contributed by atoms with Gasteiger partial charge >= 0.3 is 10.4 Å². The van der Waals surface area contributed by atoms with E-state index in [0.717, 1.165) is 17.7 Å². The number of anilines is 1. The maximum absolute atomic E-state index is 12.8. The van der Waals surface area contributed by atoms with Crippen molar-refractivity contribution in [1.82, 2.24) is 0 Å². The summed E-state index contributed by atoms with van der Waals surface area (Å²) < 4.78 is 92.1. The first-order valence-corrected chi connectivity index (χ1v) is 22.3. The van der Waals surface area contributed by atoms with Crippen LogP contribution in [0, 0.1) is 6.92 Å². The molecule has 5 rings (SSSR count). The third-order valence-corrected chi connectivity index (χ3v) is 12.1. The van der Waals surface area contributed by atoms with Gasteiger partial charge in [0.2, 0.25) is 5.91 Å². The van der Waals surface area contributed by atoms with Gasteiger partial charge in [0, 0.05) is 23.1 Å². The van der Waals surface area contributed by atoms with Crippen molar-refractivity contribution in [2.75, 3.05) is 29.3 Å². The van der Waals surface area contributed by atoms with Crippen LogP contribution in [-0.2, 0) is 45.8 Å². The Hall–Kier alpha value is -5.29. The Morgan fingerprint density at radius 2 is 1.43 bits per heavy atom. The van der Waals surface area contributed by atoms with Crippen LogP contribution in [0.2, 0.25) is 0 Å². The highest BCUT2D eigenvalue weighted by Crippen LogP contribution is 2.42. The van der Waals surface area contributed by atoms with E-state index in [4.69, 9.17) is 16.2 Å². The molecule has 0 aliphatic heterocycles. The zero-order valence-electron chi connectivity index (χ0n) is 30.4. The van der Waals surface area contributed by atoms with E-state index in [-0.39, 0.29) is 88.3 Å². The molecule has 0 heterocycles. The second-order valence-electron chi connectivity index (χ2n) is 12.8. The summed E-state index contributed by atoms with van der Waals surface area (Å²) in [5.74, 6) is -2.26. The number of nitrogens with one attached hydrogen (secondary N) is 1. The van der Waals surface area contributed by atoms with Crippen LogP contribution in [0.3, 0.4) is 0 Å². The molecular formula is C36H36ClN5O13S3. The highest BCUT2D eigenvalue weighted by atomic mass is 35.5. The molecule has 5 aromatic rings. The molecular weight excluding hydrogens is 842 g/mol. The average molecular weight is 878 g/mol. The molecule has 18 nitrogen and oxygen atoms in total. The van der Waals surface area contributed by atoms with Crippen molar-refractivity contribution in [2.24, 2.45) is 20.5 Å². The fourth-order valence-electron chi connectivity index (χ4n) is 5.77. The number of rotatable bonds is 17. The summed E-state index contributed by atoms with van der Waals surface area (Å²) >= 11 is 5.51. The molecule has 0 fully saturated rings. The molecule has 58 heavy (non-hydrogen) atoms. The van der Waals surface area contributed by atoms with Crippen molar-refractivity contribution in [3.8, 4) is 17.2 Å². The van der Waals surface area contributed by atoms with E-state index in [1.165, 1.54) is 30.3 Å². The Morgan fingerprint density at radius 1 is 0.759 bits per heavy atom. The van der Waals surface area contributed by atoms with Gasteiger partial charge in [-0.2, -0.15) is 21.9 Å². The van der Waals surface area contributed by atoms with Crippen LogP contribution in [0.4, 0.5) is 28.4 Å². The van der Waals surface area contributed by atoms with Gasteiger partial charge in [0.15, 0.2) is 21.3 Å². The number of hydrogen-bond acceptors (Lipinski definition) is 15. The SMILES string of the molecule is Cc1cc(N=Nc2ccc3cc(N=Nc4ccc5cc(S(=O)(=O)O)cc(NC(=O)CCCS(=O)(=O)CCCl)c5c4O)ccc3c2O)c(O)cc1CCCOS(=O)(=O)O. The fourth-order valence-corrected chi connectivity index (χ4v) is 8.37.